The molecular weight excluding hydrogens is 337 g/mol. The molecule has 0 saturated carbocycles. The maximum atomic E-state index is 10.5. The van der Waals surface area contributed by atoms with Gasteiger partial charge in [-0.2, -0.15) is 0 Å². The van der Waals surface area contributed by atoms with Gasteiger partial charge in [0.15, 0.2) is 0 Å². The van der Waals surface area contributed by atoms with Gasteiger partial charge >= 0.3 is 0 Å². The molecule has 0 atom stereocenters. The first kappa shape index (κ1) is 17.4. The van der Waals surface area contributed by atoms with Gasteiger partial charge < -0.3 is 0 Å². The van der Waals surface area contributed by atoms with Crippen LogP contribution < -0.4 is 10.6 Å². The predicted molar refractivity (Wildman–Crippen MR) is 91.1 cm³/mol. The van der Waals surface area contributed by atoms with Gasteiger partial charge in [-0.3, -0.25) is 14.9 Å². The van der Waals surface area contributed by atoms with E-state index in [-0.39, 0.29) is 6.54 Å². The number of hydrogen-bond donors (Lipinski definition) is 2. The lowest BCUT2D eigenvalue weighted by atomic mass is 10.1. The maximum absolute atomic E-state index is 10.5. The SMILES string of the molecule is CN=C1CN(O)C(c2ccccc2)=c2cc(Cl)ccc2=N1.OCl. The van der Waals surface area contributed by atoms with Crippen LogP contribution in [0.15, 0.2) is 58.5 Å². The Bertz CT molecular complexity index is 823. The molecule has 3 rings (SSSR count). The van der Waals surface area contributed by atoms with Gasteiger partial charge in [-0.1, -0.05) is 41.9 Å². The third-order valence-electron chi connectivity index (χ3n) is 3.32. The first-order valence-electron chi connectivity index (χ1n) is 6.72. The van der Waals surface area contributed by atoms with Crippen molar-refractivity contribution in [1.29, 1.82) is 0 Å². The van der Waals surface area contributed by atoms with Gasteiger partial charge in [0.2, 0.25) is 0 Å². The van der Waals surface area contributed by atoms with Crippen LogP contribution in [-0.2, 0) is 0 Å². The molecule has 0 radical (unpaired) electrons. The zero-order chi connectivity index (χ0) is 16.8. The largest absolute Gasteiger partial charge is 0.295 e. The van der Waals surface area contributed by atoms with Gasteiger partial charge in [-0.05, 0) is 18.2 Å². The molecule has 120 valence electrons. The van der Waals surface area contributed by atoms with Crippen LogP contribution in [0.1, 0.15) is 5.56 Å². The summed E-state index contributed by atoms with van der Waals surface area (Å²) in [6.45, 7) is 0.229. The summed E-state index contributed by atoms with van der Waals surface area (Å²) >= 11 is 9.75. The molecule has 1 aliphatic heterocycles. The van der Waals surface area contributed by atoms with E-state index in [1.807, 2.05) is 42.5 Å². The molecule has 2 aromatic rings. The van der Waals surface area contributed by atoms with E-state index in [1.54, 1.807) is 13.1 Å². The van der Waals surface area contributed by atoms with Crippen LogP contribution in [-0.4, -0.2) is 34.4 Å². The van der Waals surface area contributed by atoms with Crippen molar-refractivity contribution in [2.45, 2.75) is 0 Å². The van der Waals surface area contributed by atoms with Crippen molar-refractivity contribution >= 4 is 35.0 Å². The van der Waals surface area contributed by atoms with Crippen molar-refractivity contribution in [3.63, 3.8) is 0 Å². The molecule has 7 heteroatoms. The fourth-order valence-corrected chi connectivity index (χ4v) is 2.52. The Morgan fingerprint density at radius 3 is 2.48 bits per heavy atom. The molecule has 0 spiro atoms. The van der Waals surface area contributed by atoms with Gasteiger partial charge in [0.25, 0.3) is 0 Å². The van der Waals surface area contributed by atoms with Crippen molar-refractivity contribution < 1.29 is 9.87 Å². The summed E-state index contributed by atoms with van der Waals surface area (Å²) in [5.74, 6) is 0.562. The average molecular weight is 352 g/mol. The van der Waals surface area contributed by atoms with Gasteiger partial charge in [0.05, 0.1) is 22.9 Å². The van der Waals surface area contributed by atoms with Gasteiger partial charge in [0, 0.05) is 22.9 Å². The summed E-state index contributed by atoms with van der Waals surface area (Å²) in [4.78, 5) is 8.60. The Kier molecular flexibility index (Phi) is 6.12. The number of rotatable bonds is 1. The molecule has 1 aliphatic rings. The highest BCUT2D eigenvalue weighted by Gasteiger charge is 2.17. The van der Waals surface area contributed by atoms with Crippen LogP contribution in [0.3, 0.4) is 0 Å². The summed E-state index contributed by atoms with van der Waals surface area (Å²) in [5.41, 5.74) is 1.58. The van der Waals surface area contributed by atoms with Crippen LogP contribution in [0, 0.1) is 0 Å². The van der Waals surface area contributed by atoms with E-state index >= 15 is 0 Å². The molecule has 2 N–H and O–H groups in total. The number of halogens is 2. The lowest BCUT2D eigenvalue weighted by Gasteiger charge is -2.19. The summed E-state index contributed by atoms with van der Waals surface area (Å²) in [7, 11) is 1.66. The van der Waals surface area contributed by atoms with Crippen molar-refractivity contribution in [3.05, 3.63) is 69.7 Å². The molecule has 0 bridgehead atoms. The minimum atomic E-state index is 0.229. The van der Waals surface area contributed by atoms with Gasteiger partial charge in [-0.15, -0.1) is 0 Å². The van der Waals surface area contributed by atoms with E-state index in [1.165, 1.54) is 5.06 Å². The molecular formula is C16H15Cl2N3O2. The zero-order valence-electron chi connectivity index (χ0n) is 12.3. The summed E-state index contributed by atoms with van der Waals surface area (Å²) < 4.78 is 6.47. The third kappa shape index (κ3) is 3.89. The van der Waals surface area contributed by atoms with Crippen molar-refractivity contribution in [2.75, 3.05) is 13.6 Å². The Hall–Kier alpha value is -1.92. The molecule has 0 aliphatic carbocycles. The van der Waals surface area contributed by atoms with Gasteiger partial charge in [-0.25, -0.2) is 10.1 Å². The molecule has 0 unspecified atom stereocenters. The second kappa shape index (κ2) is 8.08. The highest BCUT2D eigenvalue weighted by atomic mass is 35.5. The number of hydroxylamine groups is 2. The molecule has 5 nitrogen and oxygen atoms in total. The summed E-state index contributed by atoms with van der Waals surface area (Å²) in [6.07, 6.45) is 0. The lowest BCUT2D eigenvalue weighted by Crippen LogP contribution is -2.31. The molecule has 0 aromatic heterocycles. The van der Waals surface area contributed by atoms with E-state index in [0.29, 0.717) is 16.6 Å². The average Bonchev–Trinajstić information content (AvgIpc) is 2.72. The van der Waals surface area contributed by atoms with Crippen LogP contribution >= 0.6 is 23.5 Å². The molecule has 0 fully saturated rings. The third-order valence-corrected chi connectivity index (χ3v) is 3.55. The predicted octanol–water partition coefficient (Wildman–Crippen LogP) is 1.98. The maximum Gasteiger partial charge on any atom is 0.145 e. The van der Waals surface area contributed by atoms with E-state index in [2.05, 4.69) is 21.9 Å². The van der Waals surface area contributed by atoms with E-state index in [4.69, 9.17) is 16.3 Å². The number of amidine groups is 1. The normalized spacial score (nSPS) is 15.3. The number of aliphatic imine (C=N–C) groups is 1. The standard InChI is InChI=1S/C16H14ClN3O.ClHO/c1-18-15-10-20(21)16(11-5-3-2-4-6-11)13-9-12(17)7-8-14(13)19-15;1-2/h2-9,21H,10H2,1H3;2H. The summed E-state index contributed by atoms with van der Waals surface area (Å²) in [6, 6.07) is 15.1. The second-order valence-corrected chi connectivity index (χ2v) is 5.12. The fourth-order valence-electron chi connectivity index (χ4n) is 2.34. The Morgan fingerprint density at radius 1 is 1.13 bits per heavy atom. The minimum absolute atomic E-state index is 0.229. The van der Waals surface area contributed by atoms with Gasteiger partial charge in [0.1, 0.15) is 12.4 Å². The lowest BCUT2D eigenvalue weighted by molar-refractivity contribution is -0.0119. The smallest absolute Gasteiger partial charge is 0.145 e. The zero-order valence-corrected chi connectivity index (χ0v) is 13.8. The van der Waals surface area contributed by atoms with E-state index in [0.717, 1.165) is 16.1 Å². The summed E-state index contributed by atoms with van der Waals surface area (Å²) in [5, 5.41) is 13.8. The number of fused-ring (bicyclic) bond motifs is 1. The Balaban J connectivity index is 0.000000924. The topological polar surface area (TPSA) is 68.4 Å². The molecule has 23 heavy (non-hydrogen) atoms. The van der Waals surface area contributed by atoms with Crippen LogP contribution in [0.25, 0.3) is 5.70 Å². The van der Waals surface area contributed by atoms with Crippen LogP contribution in [0.5, 0.6) is 0 Å². The van der Waals surface area contributed by atoms with E-state index < -0.39 is 0 Å². The number of nitrogens with zero attached hydrogens (tertiary/aromatic N) is 3. The molecule has 1 heterocycles. The Morgan fingerprint density at radius 2 is 1.83 bits per heavy atom. The second-order valence-electron chi connectivity index (χ2n) is 4.69. The van der Waals surface area contributed by atoms with Crippen molar-refractivity contribution in [2.24, 2.45) is 9.98 Å². The Labute approximate surface area is 143 Å². The fraction of sp³-hybridized carbons (Fsp3) is 0.125. The quantitative estimate of drug-likeness (QED) is 0.825. The van der Waals surface area contributed by atoms with E-state index in [9.17, 15) is 5.21 Å². The minimum Gasteiger partial charge on any atom is -0.295 e. The van der Waals surface area contributed by atoms with Crippen LogP contribution in [0.4, 0.5) is 0 Å². The molecule has 0 saturated heterocycles. The first-order valence-corrected chi connectivity index (χ1v) is 7.43. The van der Waals surface area contributed by atoms with Crippen molar-refractivity contribution in [1.82, 2.24) is 5.06 Å². The number of benzene rings is 2. The highest BCUT2D eigenvalue weighted by Crippen LogP contribution is 2.15. The van der Waals surface area contributed by atoms with Crippen LogP contribution in [0.2, 0.25) is 5.02 Å². The highest BCUT2D eigenvalue weighted by molar-refractivity contribution is 6.30. The van der Waals surface area contributed by atoms with Crippen molar-refractivity contribution in [3.8, 4) is 0 Å². The molecule has 0 amide bonds. The molecule has 2 aromatic carbocycles. The number of hydrogen-bond acceptors (Lipinski definition) is 4. The monoisotopic (exact) mass is 351 g/mol. The first-order chi connectivity index (χ1) is 11.2.